The van der Waals surface area contributed by atoms with Crippen LogP contribution in [0.25, 0.3) is 0 Å². The number of nitro groups is 1. The van der Waals surface area contributed by atoms with Crippen LogP contribution in [-0.4, -0.2) is 11.2 Å². The Morgan fingerprint density at radius 1 is 1.75 bits per heavy atom. The first kappa shape index (κ1) is 9.15. The van der Waals surface area contributed by atoms with Gasteiger partial charge in [0, 0.05) is 17.4 Å². The summed E-state index contributed by atoms with van der Waals surface area (Å²) in [6.45, 7) is 0. The van der Waals surface area contributed by atoms with Gasteiger partial charge in [0.05, 0.1) is 4.92 Å². The van der Waals surface area contributed by atoms with E-state index >= 15 is 0 Å². The summed E-state index contributed by atoms with van der Waals surface area (Å²) >= 11 is 6.60. The molecule has 0 N–H and O–H groups in total. The Morgan fingerprint density at radius 2 is 2.42 bits per heavy atom. The van der Waals surface area contributed by atoms with E-state index in [1.807, 2.05) is 0 Å². The van der Waals surface area contributed by atoms with Gasteiger partial charge in [0.2, 0.25) is 0 Å². The van der Waals surface area contributed by atoms with E-state index in [2.05, 4.69) is 0 Å². The highest BCUT2D eigenvalue weighted by Crippen LogP contribution is 2.33. The summed E-state index contributed by atoms with van der Waals surface area (Å²) in [6, 6.07) is 1.32. The molecule has 1 heterocycles. The number of hydrogen-bond acceptors (Lipinski definition) is 4. The lowest BCUT2D eigenvalue weighted by Gasteiger charge is -1.82. The third-order valence-corrected chi connectivity index (χ3v) is 2.56. The molecule has 0 aromatic carbocycles. The smallest absolute Gasteiger partial charge is 0.299 e. The van der Waals surface area contributed by atoms with Crippen LogP contribution in [0.5, 0.6) is 0 Å². The average molecular weight is 206 g/mol. The van der Waals surface area contributed by atoms with E-state index in [-0.39, 0.29) is 16.4 Å². The number of halogens is 1. The fraction of sp³-hybridized carbons (Fsp3) is 0.167. The number of carbonyl (C=O) groups excluding carboxylic acids is 1. The standard InChI is InChI=1S/C6H4ClNO3S/c7-6-5(8(10)11)3-4(12-6)1-2-9/h2-3H,1H2. The lowest BCUT2D eigenvalue weighted by Crippen LogP contribution is -1.84. The van der Waals surface area contributed by atoms with Crippen molar-refractivity contribution in [1.29, 1.82) is 0 Å². The monoisotopic (exact) mass is 205 g/mol. The van der Waals surface area contributed by atoms with Gasteiger partial charge in [-0.15, -0.1) is 11.3 Å². The summed E-state index contributed by atoms with van der Waals surface area (Å²) in [5.41, 5.74) is -0.126. The molecule has 1 aromatic heterocycles. The molecule has 0 atom stereocenters. The van der Waals surface area contributed by atoms with Gasteiger partial charge in [0.1, 0.15) is 6.29 Å². The molecule has 0 aliphatic heterocycles. The second kappa shape index (κ2) is 3.64. The van der Waals surface area contributed by atoms with E-state index in [4.69, 9.17) is 11.6 Å². The first-order chi connectivity index (χ1) is 5.65. The van der Waals surface area contributed by atoms with E-state index in [1.54, 1.807) is 0 Å². The predicted octanol–water partition coefficient (Wildman–Crippen LogP) is 2.05. The Balaban J connectivity index is 2.99. The number of hydrogen-bond donors (Lipinski definition) is 0. The van der Waals surface area contributed by atoms with Gasteiger partial charge >= 0.3 is 0 Å². The molecule has 0 saturated carbocycles. The summed E-state index contributed by atoms with van der Waals surface area (Å²) in [7, 11) is 0. The number of thiophene rings is 1. The minimum atomic E-state index is -0.562. The second-order valence-electron chi connectivity index (χ2n) is 2.00. The molecular weight excluding hydrogens is 202 g/mol. The normalized spacial score (nSPS) is 9.75. The Kier molecular flexibility index (Phi) is 2.78. The first-order valence-corrected chi connectivity index (χ1v) is 4.21. The molecule has 0 aliphatic carbocycles. The molecule has 0 saturated heterocycles. The maximum absolute atomic E-state index is 10.3. The molecule has 64 valence electrons. The van der Waals surface area contributed by atoms with Crippen LogP contribution in [0.15, 0.2) is 6.07 Å². The second-order valence-corrected chi connectivity index (χ2v) is 3.74. The van der Waals surface area contributed by atoms with Crippen molar-refractivity contribution in [1.82, 2.24) is 0 Å². The first-order valence-electron chi connectivity index (χ1n) is 3.01. The SMILES string of the molecule is O=CCc1cc([N+](=O)[O-])c(Cl)s1. The molecule has 0 bridgehead atoms. The van der Waals surface area contributed by atoms with E-state index in [0.717, 1.165) is 11.3 Å². The van der Waals surface area contributed by atoms with Gasteiger partial charge < -0.3 is 4.79 Å². The molecule has 0 spiro atoms. The molecule has 1 aromatic rings. The summed E-state index contributed by atoms with van der Waals surface area (Å²) in [5, 5.41) is 10.3. The van der Waals surface area contributed by atoms with Crippen LogP contribution in [0.2, 0.25) is 4.34 Å². The Labute approximate surface area is 76.9 Å². The third kappa shape index (κ3) is 1.80. The largest absolute Gasteiger partial charge is 0.303 e. The summed E-state index contributed by atoms with van der Waals surface area (Å²) in [6.07, 6.45) is 0.865. The van der Waals surface area contributed by atoms with E-state index < -0.39 is 4.92 Å². The number of rotatable bonds is 3. The lowest BCUT2D eigenvalue weighted by atomic mass is 10.3. The fourth-order valence-corrected chi connectivity index (χ4v) is 1.92. The summed E-state index contributed by atoms with van der Waals surface area (Å²) < 4.78 is 0.122. The molecule has 0 fully saturated rings. The van der Waals surface area contributed by atoms with Crippen molar-refractivity contribution >= 4 is 34.9 Å². The van der Waals surface area contributed by atoms with Crippen molar-refractivity contribution in [2.75, 3.05) is 0 Å². The molecule has 6 heteroatoms. The lowest BCUT2D eigenvalue weighted by molar-refractivity contribution is -0.384. The zero-order valence-corrected chi connectivity index (χ0v) is 7.39. The van der Waals surface area contributed by atoms with Crippen molar-refractivity contribution in [2.45, 2.75) is 6.42 Å². The third-order valence-electron chi connectivity index (χ3n) is 1.20. The minimum absolute atomic E-state index is 0.122. The van der Waals surface area contributed by atoms with Gasteiger partial charge in [-0.1, -0.05) is 11.6 Å². The van der Waals surface area contributed by atoms with Crippen LogP contribution < -0.4 is 0 Å². The van der Waals surface area contributed by atoms with Gasteiger partial charge in [0.25, 0.3) is 5.69 Å². The predicted molar refractivity (Wildman–Crippen MR) is 45.8 cm³/mol. The van der Waals surface area contributed by atoms with Crippen molar-refractivity contribution in [3.8, 4) is 0 Å². The highest BCUT2D eigenvalue weighted by molar-refractivity contribution is 7.16. The molecule has 0 radical (unpaired) electrons. The van der Waals surface area contributed by atoms with Gasteiger partial charge in [-0.05, 0) is 0 Å². The van der Waals surface area contributed by atoms with Gasteiger partial charge in [0.15, 0.2) is 4.34 Å². The van der Waals surface area contributed by atoms with Crippen molar-refractivity contribution in [3.05, 3.63) is 25.4 Å². The number of nitrogens with zero attached hydrogens (tertiary/aromatic N) is 1. The zero-order valence-electron chi connectivity index (χ0n) is 5.82. The Hall–Kier alpha value is -0.940. The minimum Gasteiger partial charge on any atom is -0.303 e. The van der Waals surface area contributed by atoms with E-state index in [0.29, 0.717) is 11.2 Å². The van der Waals surface area contributed by atoms with E-state index in [9.17, 15) is 14.9 Å². The number of aldehydes is 1. The van der Waals surface area contributed by atoms with Gasteiger partial charge in [-0.25, -0.2) is 0 Å². The van der Waals surface area contributed by atoms with Gasteiger partial charge in [-0.2, -0.15) is 0 Å². The van der Waals surface area contributed by atoms with Crippen LogP contribution in [0, 0.1) is 10.1 Å². The quantitative estimate of drug-likeness (QED) is 0.431. The summed E-state index contributed by atoms with van der Waals surface area (Å²) in [5.74, 6) is 0. The molecule has 1 rings (SSSR count). The molecule has 0 aliphatic rings. The van der Waals surface area contributed by atoms with Crippen LogP contribution in [0.3, 0.4) is 0 Å². The summed E-state index contributed by atoms with van der Waals surface area (Å²) in [4.78, 5) is 20.4. The van der Waals surface area contributed by atoms with Crippen LogP contribution in [0.1, 0.15) is 4.88 Å². The van der Waals surface area contributed by atoms with E-state index in [1.165, 1.54) is 6.07 Å². The van der Waals surface area contributed by atoms with Crippen LogP contribution >= 0.6 is 22.9 Å². The molecule has 0 amide bonds. The topological polar surface area (TPSA) is 60.2 Å². The van der Waals surface area contributed by atoms with Crippen molar-refractivity contribution in [2.24, 2.45) is 0 Å². The Bertz CT molecular complexity index is 323. The molecule has 0 unspecified atom stereocenters. The molecular formula is C6H4ClNO3S. The zero-order chi connectivity index (χ0) is 9.14. The van der Waals surface area contributed by atoms with Crippen LogP contribution in [0.4, 0.5) is 5.69 Å². The van der Waals surface area contributed by atoms with Gasteiger partial charge in [-0.3, -0.25) is 10.1 Å². The molecule has 12 heavy (non-hydrogen) atoms. The highest BCUT2D eigenvalue weighted by atomic mass is 35.5. The molecule has 4 nitrogen and oxygen atoms in total. The van der Waals surface area contributed by atoms with Crippen molar-refractivity contribution < 1.29 is 9.72 Å². The Morgan fingerprint density at radius 3 is 2.83 bits per heavy atom. The maximum atomic E-state index is 10.3. The number of carbonyl (C=O) groups is 1. The maximum Gasteiger partial charge on any atom is 0.299 e. The van der Waals surface area contributed by atoms with Crippen molar-refractivity contribution in [3.63, 3.8) is 0 Å². The highest BCUT2D eigenvalue weighted by Gasteiger charge is 2.16. The van der Waals surface area contributed by atoms with Crippen LogP contribution in [-0.2, 0) is 11.2 Å². The fourth-order valence-electron chi connectivity index (χ4n) is 0.713. The average Bonchev–Trinajstić information content (AvgIpc) is 2.32.